The van der Waals surface area contributed by atoms with E-state index < -0.39 is 6.04 Å². The normalized spacial score (nSPS) is 15.9. The number of benzene rings is 2. The minimum absolute atomic E-state index is 0.0168. The summed E-state index contributed by atoms with van der Waals surface area (Å²) in [7, 11) is 0. The summed E-state index contributed by atoms with van der Waals surface area (Å²) in [5.74, 6) is 0.265. The molecule has 1 fully saturated rings. The Labute approximate surface area is 176 Å². The molecular weight excluding hydrogens is 376 g/mol. The molecule has 0 radical (unpaired) electrons. The molecule has 2 amide bonds. The number of likely N-dealkylation sites (tertiary alicyclic amines) is 1. The first-order valence-corrected chi connectivity index (χ1v) is 10.3. The molecule has 1 atom stereocenters. The van der Waals surface area contributed by atoms with Gasteiger partial charge in [0.2, 0.25) is 11.8 Å². The van der Waals surface area contributed by atoms with Gasteiger partial charge >= 0.3 is 0 Å². The summed E-state index contributed by atoms with van der Waals surface area (Å²) in [6.45, 7) is 4.71. The molecule has 2 aromatic carbocycles. The number of hydrogen-bond donors (Lipinski definition) is 2. The van der Waals surface area contributed by atoms with Crippen molar-refractivity contribution in [2.24, 2.45) is 0 Å². The van der Waals surface area contributed by atoms with E-state index in [4.69, 9.17) is 0 Å². The number of carbonyl (C=O) groups excluding carboxylic acids is 2. The third-order valence-corrected chi connectivity index (χ3v) is 5.44. The second-order valence-corrected chi connectivity index (χ2v) is 7.94. The maximum absolute atomic E-state index is 12.9. The SMILES string of the molecule is Cc1cc(C)cc(-c2cc(NC(=O)C3CCCN3C(=O)Cc3ccccc3)n[nH]2)c1. The van der Waals surface area contributed by atoms with E-state index >= 15 is 0 Å². The van der Waals surface area contributed by atoms with Crippen LogP contribution in [-0.4, -0.2) is 39.5 Å². The third-order valence-electron chi connectivity index (χ3n) is 5.44. The average molecular weight is 402 g/mol. The Bertz CT molecular complexity index is 1040. The molecule has 30 heavy (non-hydrogen) atoms. The summed E-state index contributed by atoms with van der Waals surface area (Å²) in [4.78, 5) is 27.3. The van der Waals surface area contributed by atoms with Gasteiger partial charge in [0, 0.05) is 18.2 Å². The van der Waals surface area contributed by atoms with Gasteiger partial charge in [0.15, 0.2) is 5.82 Å². The fourth-order valence-electron chi connectivity index (χ4n) is 4.08. The molecule has 1 saturated heterocycles. The lowest BCUT2D eigenvalue weighted by atomic mass is 10.1. The smallest absolute Gasteiger partial charge is 0.248 e. The Morgan fingerprint density at radius 1 is 1.10 bits per heavy atom. The summed E-state index contributed by atoms with van der Waals surface area (Å²) in [5.41, 5.74) is 5.17. The Hall–Kier alpha value is -3.41. The molecule has 0 bridgehead atoms. The number of hydrogen-bond acceptors (Lipinski definition) is 3. The van der Waals surface area contributed by atoms with E-state index in [0.717, 1.165) is 23.2 Å². The van der Waals surface area contributed by atoms with Crippen LogP contribution in [0, 0.1) is 13.8 Å². The molecule has 3 aromatic rings. The van der Waals surface area contributed by atoms with Crippen molar-refractivity contribution in [3.05, 3.63) is 71.3 Å². The predicted molar refractivity (Wildman–Crippen MR) is 117 cm³/mol. The minimum Gasteiger partial charge on any atom is -0.330 e. The molecule has 2 N–H and O–H groups in total. The number of amides is 2. The van der Waals surface area contributed by atoms with Crippen molar-refractivity contribution in [3.63, 3.8) is 0 Å². The van der Waals surface area contributed by atoms with Gasteiger partial charge in [0.1, 0.15) is 6.04 Å². The summed E-state index contributed by atoms with van der Waals surface area (Å²) >= 11 is 0. The van der Waals surface area contributed by atoms with Crippen molar-refractivity contribution in [2.45, 2.75) is 39.2 Å². The second kappa shape index (κ2) is 8.53. The standard InChI is InChI=1S/C24H26N4O2/c1-16-11-17(2)13-19(12-16)20-15-22(27-26-20)25-24(30)21-9-6-10-28(21)23(29)14-18-7-4-3-5-8-18/h3-5,7-8,11-13,15,21H,6,9-10,14H2,1-2H3,(H2,25,26,27,30). The lowest BCUT2D eigenvalue weighted by Crippen LogP contribution is -2.43. The molecule has 6 nitrogen and oxygen atoms in total. The topological polar surface area (TPSA) is 78.1 Å². The minimum atomic E-state index is -0.456. The monoisotopic (exact) mass is 402 g/mol. The van der Waals surface area contributed by atoms with Crippen molar-refractivity contribution < 1.29 is 9.59 Å². The van der Waals surface area contributed by atoms with Crippen LogP contribution in [0.2, 0.25) is 0 Å². The number of anilines is 1. The molecule has 6 heteroatoms. The second-order valence-electron chi connectivity index (χ2n) is 7.94. The van der Waals surface area contributed by atoms with Gasteiger partial charge in [-0.3, -0.25) is 14.7 Å². The Morgan fingerprint density at radius 2 is 1.83 bits per heavy atom. The van der Waals surface area contributed by atoms with E-state index in [1.165, 1.54) is 11.1 Å². The molecule has 1 aromatic heterocycles. The van der Waals surface area contributed by atoms with Gasteiger partial charge in [-0.15, -0.1) is 0 Å². The zero-order valence-electron chi connectivity index (χ0n) is 17.3. The van der Waals surface area contributed by atoms with Crippen LogP contribution in [0.5, 0.6) is 0 Å². The lowest BCUT2D eigenvalue weighted by molar-refractivity contribution is -0.136. The highest BCUT2D eigenvalue weighted by molar-refractivity contribution is 5.97. The molecule has 0 saturated carbocycles. The van der Waals surface area contributed by atoms with E-state index in [1.54, 1.807) is 4.90 Å². The first kappa shape index (κ1) is 19.9. The summed E-state index contributed by atoms with van der Waals surface area (Å²) < 4.78 is 0. The van der Waals surface area contributed by atoms with E-state index in [0.29, 0.717) is 25.2 Å². The van der Waals surface area contributed by atoms with E-state index in [-0.39, 0.29) is 11.8 Å². The molecule has 1 unspecified atom stereocenters. The largest absolute Gasteiger partial charge is 0.330 e. The third kappa shape index (κ3) is 4.43. The van der Waals surface area contributed by atoms with Gasteiger partial charge in [-0.2, -0.15) is 5.10 Å². The molecule has 154 valence electrons. The van der Waals surface area contributed by atoms with Gasteiger partial charge in [-0.1, -0.05) is 47.5 Å². The quantitative estimate of drug-likeness (QED) is 0.680. The number of carbonyl (C=O) groups is 2. The van der Waals surface area contributed by atoms with Gasteiger partial charge in [-0.05, 0) is 44.4 Å². The predicted octanol–water partition coefficient (Wildman–Crippen LogP) is 3.87. The van der Waals surface area contributed by atoms with Crippen LogP contribution in [0.15, 0.2) is 54.6 Å². The van der Waals surface area contributed by atoms with Crippen molar-refractivity contribution in [2.75, 3.05) is 11.9 Å². The van der Waals surface area contributed by atoms with E-state index in [1.807, 2.05) is 36.4 Å². The molecule has 2 heterocycles. The summed E-state index contributed by atoms with van der Waals surface area (Å²) in [6, 6.07) is 17.3. The highest BCUT2D eigenvalue weighted by atomic mass is 16.2. The number of aromatic amines is 1. The van der Waals surface area contributed by atoms with Crippen LogP contribution in [0.4, 0.5) is 5.82 Å². The maximum atomic E-state index is 12.9. The van der Waals surface area contributed by atoms with Gasteiger partial charge in [0.25, 0.3) is 0 Å². The highest BCUT2D eigenvalue weighted by Gasteiger charge is 2.34. The van der Waals surface area contributed by atoms with Crippen molar-refractivity contribution in [1.29, 1.82) is 0 Å². The number of nitrogens with zero attached hydrogens (tertiary/aromatic N) is 2. The Morgan fingerprint density at radius 3 is 2.57 bits per heavy atom. The van der Waals surface area contributed by atoms with Crippen LogP contribution >= 0.6 is 0 Å². The van der Waals surface area contributed by atoms with Crippen molar-refractivity contribution >= 4 is 17.6 Å². The summed E-state index contributed by atoms with van der Waals surface area (Å²) in [5, 5.41) is 10.1. The fraction of sp³-hybridized carbons (Fsp3) is 0.292. The summed E-state index contributed by atoms with van der Waals surface area (Å²) in [6.07, 6.45) is 1.80. The molecule has 1 aliphatic heterocycles. The first-order valence-electron chi connectivity index (χ1n) is 10.3. The molecular formula is C24H26N4O2. The fourth-order valence-corrected chi connectivity index (χ4v) is 4.08. The Balaban J connectivity index is 1.43. The van der Waals surface area contributed by atoms with Crippen LogP contribution in [0.3, 0.4) is 0 Å². The first-order chi connectivity index (χ1) is 14.5. The zero-order chi connectivity index (χ0) is 21.1. The highest BCUT2D eigenvalue weighted by Crippen LogP contribution is 2.24. The average Bonchev–Trinajstić information content (AvgIpc) is 3.38. The van der Waals surface area contributed by atoms with Crippen LogP contribution in [-0.2, 0) is 16.0 Å². The number of nitrogens with one attached hydrogen (secondary N) is 2. The molecule has 1 aliphatic rings. The molecule has 0 spiro atoms. The van der Waals surface area contributed by atoms with Gasteiger partial charge in [-0.25, -0.2) is 0 Å². The Kier molecular flexibility index (Phi) is 5.65. The zero-order valence-corrected chi connectivity index (χ0v) is 17.3. The number of H-pyrrole nitrogens is 1. The molecule has 0 aliphatic carbocycles. The van der Waals surface area contributed by atoms with E-state index in [2.05, 4.69) is 47.6 Å². The number of aryl methyl sites for hydroxylation is 2. The number of rotatable bonds is 5. The molecule has 4 rings (SSSR count). The number of aromatic nitrogens is 2. The van der Waals surface area contributed by atoms with Crippen molar-refractivity contribution in [3.8, 4) is 11.3 Å². The van der Waals surface area contributed by atoms with Crippen LogP contribution in [0.25, 0.3) is 11.3 Å². The van der Waals surface area contributed by atoms with Crippen LogP contribution in [0.1, 0.15) is 29.5 Å². The maximum Gasteiger partial charge on any atom is 0.248 e. The van der Waals surface area contributed by atoms with Gasteiger partial charge < -0.3 is 10.2 Å². The van der Waals surface area contributed by atoms with Crippen molar-refractivity contribution in [1.82, 2.24) is 15.1 Å². The lowest BCUT2D eigenvalue weighted by Gasteiger charge is -2.23. The van der Waals surface area contributed by atoms with Gasteiger partial charge in [0.05, 0.1) is 12.1 Å². The van der Waals surface area contributed by atoms with E-state index in [9.17, 15) is 9.59 Å². The van der Waals surface area contributed by atoms with Crippen LogP contribution < -0.4 is 5.32 Å².